The van der Waals surface area contributed by atoms with Crippen molar-refractivity contribution in [2.75, 3.05) is 25.4 Å². The number of aliphatic hydroxyl groups excluding tert-OH is 1. The van der Waals surface area contributed by atoms with Crippen LogP contribution in [0.1, 0.15) is 32.1 Å². The van der Waals surface area contributed by atoms with Gasteiger partial charge in [-0.2, -0.15) is 12.6 Å². The first kappa shape index (κ1) is 30.4. The van der Waals surface area contributed by atoms with Crippen molar-refractivity contribution in [1.29, 1.82) is 0 Å². The van der Waals surface area contributed by atoms with E-state index < -0.39 is 54.5 Å². The number of unbranched alkanes of at least 4 members (excludes halogenated alkanes) is 1. The predicted molar refractivity (Wildman–Crippen MR) is 125 cm³/mol. The maximum Gasteiger partial charge on any atom is 0.327 e. The molecule has 0 aromatic rings. The van der Waals surface area contributed by atoms with Gasteiger partial charge in [0.1, 0.15) is 18.1 Å². The lowest BCUT2D eigenvalue weighted by Crippen LogP contribution is -2.58. The Bertz CT molecular complexity index is 676. The average Bonchev–Trinajstić information content (AvgIpc) is 2.76. The standard InChI is InChI=1S/C18H36N8O6S/c19-6-2-1-4-10(20)14(28)24-11(5-3-7-23-18(21)22)15(29)25-12(8-27)16(30)26-13(9-33)17(31)32/h10-13,27,33H,1-9,19-20H2,(H,24,28)(H,25,29)(H,26,30)(H,31,32)(H4,21,22,23). The normalized spacial score (nSPS) is 14.3. The molecule has 0 saturated carbocycles. The smallest absolute Gasteiger partial charge is 0.327 e. The fourth-order valence-electron chi connectivity index (χ4n) is 2.62. The summed E-state index contributed by atoms with van der Waals surface area (Å²) in [5.41, 5.74) is 21.8. The van der Waals surface area contributed by atoms with Gasteiger partial charge in [0.05, 0.1) is 12.6 Å². The van der Waals surface area contributed by atoms with Gasteiger partial charge in [-0.3, -0.25) is 19.4 Å². The van der Waals surface area contributed by atoms with Crippen molar-refractivity contribution in [2.24, 2.45) is 27.9 Å². The summed E-state index contributed by atoms with van der Waals surface area (Å²) < 4.78 is 0. The molecule has 0 fully saturated rings. The van der Waals surface area contributed by atoms with E-state index >= 15 is 0 Å². The summed E-state index contributed by atoms with van der Waals surface area (Å²) in [6, 6.07) is -4.73. The van der Waals surface area contributed by atoms with E-state index in [0.29, 0.717) is 32.2 Å². The van der Waals surface area contributed by atoms with Crippen molar-refractivity contribution < 1.29 is 29.4 Å². The molecule has 15 heteroatoms. The molecule has 0 saturated heterocycles. The Morgan fingerprint density at radius 1 is 0.879 bits per heavy atom. The number of hydrogen-bond acceptors (Lipinski definition) is 9. The topological polar surface area (TPSA) is 261 Å². The Morgan fingerprint density at radius 3 is 1.97 bits per heavy atom. The molecule has 0 rings (SSSR count). The highest BCUT2D eigenvalue weighted by Crippen LogP contribution is 2.04. The van der Waals surface area contributed by atoms with E-state index in [9.17, 15) is 24.3 Å². The zero-order valence-corrected chi connectivity index (χ0v) is 19.3. The van der Waals surface area contributed by atoms with Gasteiger partial charge in [0.15, 0.2) is 5.96 Å². The van der Waals surface area contributed by atoms with E-state index in [2.05, 4.69) is 33.6 Å². The Hall–Kier alpha value is -2.62. The summed E-state index contributed by atoms with van der Waals surface area (Å²) in [4.78, 5) is 52.3. The third-order valence-corrected chi connectivity index (χ3v) is 4.86. The van der Waals surface area contributed by atoms with Gasteiger partial charge in [-0.25, -0.2) is 4.79 Å². The van der Waals surface area contributed by atoms with Gasteiger partial charge in [-0.05, 0) is 32.2 Å². The fourth-order valence-corrected chi connectivity index (χ4v) is 2.86. The zero-order valence-electron chi connectivity index (χ0n) is 18.4. The highest BCUT2D eigenvalue weighted by molar-refractivity contribution is 7.80. The molecule has 0 aliphatic carbocycles. The SMILES string of the molecule is NCCCCC(N)C(=O)NC(CCCN=C(N)N)C(=O)NC(CO)C(=O)NC(CS)C(=O)O. The van der Waals surface area contributed by atoms with Gasteiger partial charge >= 0.3 is 5.97 Å². The number of aliphatic carboxylic acids is 1. The van der Waals surface area contributed by atoms with Gasteiger partial charge in [-0.1, -0.05) is 6.42 Å². The average molecular weight is 493 g/mol. The molecule has 4 atom stereocenters. The van der Waals surface area contributed by atoms with Crippen molar-refractivity contribution >= 4 is 42.3 Å². The third-order valence-electron chi connectivity index (χ3n) is 4.50. The second-order valence-corrected chi connectivity index (χ2v) is 7.59. The number of nitrogens with zero attached hydrogens (tertiary/aromatic N) is 1. The van der Waals surface area contributed by atoms with Crippen LogP contribution < -0.4 is 38.9 Å². The molecule has 33 heavy (non-hydrogen) atoms. The lowest BCUT2D eigenvalue weighted by Gasteiger charge is -2.24. The highest BCUT2D eigenvalue weighted by atomic mass is 32.1. The number of carboxylic acid groups (broad SMARTS) is 1. The van der Waals surface area contributed by atoms with Crippen LogP contribution in [0.15, 0.2) is 4.99 Å². The molecule has 0 spiro atoms. The largest absolute Gasteiger partial charge is 0.480 e. The lowest BCUT2D eigenvalue weighted by molar-refractivity contribution is -0.142. The van der Waals surface area contributed by atoms with E-state index in [1.165, 1.54) is 0 Å². The van der Waals surface area contributed by atoms with E-state index in [0.717, 1.165) is 0 Å². The molecular weight excluding hydrogens is 456 g/mol. The van der Waals surface area contributed by atoms with Crippen molar-refractivity contribution in [3.8, 4) is 0 Å². The van der Waals surface area contributed by atoms with Crippen LogP contribution in [-0.2, 0) is 19.2 Å². The summed E-state index contributed by atoms with van der Waals surface area (Å²) >= 11 is 3.84. The fraction of sp³-hybridized carbons (Fsp3) is 0.722. The second kappa shape index (κ2) is 16.9. The van der Waals surface area contributed by atoms with Crippen LogP contribution in [0.3, 0.4) is 0 Å². The molecule has 3 amide bonds. The van der Waals surface area contributed by atoms with Gasteiger partial charge in [-0.15, -0.1) is 0 Å². The molecule has 0 aliphatic rings. The number of hydrogen-bond donors (Lipinski definition) is 10. The van der Waals surface area contributed by atoms with Crippen LogP contribution in [0.4, 0.5) is 0 Å². The number of guanidine groups is 1. The van der Waals surface area contributed by atoms with Crippen molar-refractivity contribution in [3.05, 3.63) is 0 Å². The van der Waals surface area contributed by atoms with E-state index in [1.807, 2.05) is 0 Å². The molecular formula is C18H36N8O6S. The van der Waals surface area contributed by atoms with Crippen molar-refractivity contribution in [2.45, 2.75) is 56.3 Å². The molecule has 0 heterocycles. The minimum atomic E-state index is -1.45. The molecule has 13 N–H and O–H groups in total. The summed E-state index contributed by atoms with van der Waals surface area (Å²) in [6.07, 6.45) is 2.12. The molecule has 14 nitrogen and oxygen atoms in total. The first-order valence-corrected chi connectivity index (χ1v) is 11.1. The number of carbonyl (C=O) groups is 4. The van der Waals surface area contributed by atoms with Gasteiger partial charge in [0, 0.05) is 12.3 Å². The highest BCUT2D eigenvalue weighted by Gasteiger charge is 2.29. The minimum Gasteiger partial charge on any atom is -0.480 e. The number of aliphatic hydroxyl groups is 1. The van der Waals surface area contributed by atoms with Crippen LogP contribution >= 0.6 is 12.6 Å². The first-order chi connectivity index (χ1) is 15.6. The van der Waals surface area contributed by atoms with Crippen LogP contribution in [0, 0.1) is 0 Å². The van der Waals surface area contributed by atoms with Crippen molar-refractivity contribution in [1.82, 2.24) is 16.0 Å². The zero-order chi connectivity index (χ0) is 25.4. The van der Waals surface area contributed by atoms with Gasteiger partial charge < -0.3 is 49.1 Å². The number of aliphatic imine (C=N–C) groups is 1. The summed E-state index contributed by atoms with van der Waals surface area (Å²) in [5.74, 6) is -3.91. The molecule has 4 unspecified atom stereocenters. The first-order valence-electron chi connectivity index (χ1n) is 10.4. The number of nitrogens with one attached hydrogen (secondary N) is 3. The quantitative estimate of drug-likeness (QED) is 0.0406. The minimum absolute atomic E-state index is 0.109. The lowest BCUT2D eigenvalue weighted by atomic mass is 10.1. The third kappa shape index (κ3) is 12.9. The molecule has 190 valence electrons. The Labute approximate surface area is 197 Å². The molecule has 0 bridgehead atoms. The predicted octanol–water partition coefficient (Wildman–Crippen LogP) is -4.04. The number of carbonyl (C=O) groups excluding carboxylic acids is 3. The van der Waals surface area contributed by atoms with Crippen LogP contribution in [-0.4, -0.2) is 89.5 Å². The van der Waals surface area contributed by atoms with Crippen molar-refractivity contribution in [3.63, 3.8) is 0 Å². The number of nitrogens with two attached hydrogens (primary N) is 4. The maximum atomic E-state index is 12.8. The second-order valence-electron chi connectivity index (χ2n) is 7.23. The Balaban J connectivity index is 5.22. The van der Waals surface area contributed by atoms with Crippen LogP contribution in [0.2, 0.25) is 0 Å². The number of rotatable bonds is 17. The van der Waals surface area contributed by atoms with Crippen LogP contribution in [0.5, 0.6) is 0 Å². The van der Waals surface area contributed by atoms with E-state index in [-0.39, 0.29) is 24.7 Å². The van der Waals surface area contributed by atoms with Gasteiger partial charge in [0.25, 0.3) is 0 Å². The Morgan fingerprint density at radius 2 is 1.45 bits per heavy atom. The monoisotopic (exact) mass is 492 g/mol. The maximum absolute atomic E-state index is 12.8. The summed E-state index contributed by atoms with van der Waals surface area (Å²) in [6.45, 7) is -0.148. The number of amides is 3. The molecule has 0 aromatic heterocycles. The number of thiol groups is 1. The van der Waals surface area contributed by atoms with Crippen LogP contribution in [0.25, 0.3) is 0 Å². The van der Waals surface area contributed by atoms with Gasteiger partial charge in [0.2, 0.25) is 17.7 Å². The summed E-state index contributed by atoms with van der Waals surface area (Å²) in [7, 11) is 0. The molecule has 0 radical (unpaired) electrons. The molecule has 0 aromatic carbocycles. The summed E-state index contributed by atoms with van der Waals surface area (Å²) in [5, 5.41) is 25.5. The van der Waals surface area contributed by atoms with E-state index in [4.69, 9.17) is 28.0 Å². The van der Waals surface area contributed by atoms with E-state index in [1.54, 1.807) is 0 Å². The molecule has 0 aliphatic heterocycles. The Kier molecular flexibility index (Phi) is 15.6. The number of carboxylic acids is 1.